The first-order valence-electron chi connectivity index (χ1n) is 8.78. The van der Waals surface area contributed by atoms with Gasteiger partial charge in [-0.1, -0.05) is 6.07 Å². The minimum absolute atomic E-state index is 0.0451. The molecule has 2 N–H and O–H groups in total. The number of halogens is 1. The molecule has 6 nitrogen and oxygen atoms in total. The van der Waals surface area contributed by atoms with E-state index >= 15 is 0 Å². The summed E-state index contributed by atoms with van der Waals surface area (Å²) < 4.78 is 24.1. The van der Waals surface area contributed by atoms with E-state index in [-0.39, 0.29) is 17.6 Å². The Hall–Kier alpha value is -2.93. The average Bonchev–Trinajstić information content (AvgIpc) is 3.20. The molecule has 1 aliphatic rings. The number of aliphatic imine (C=N–C) groups is 1. The molecule has 3 rings (SSSR count). The summed E-state index contributed by atoms with van der Waals surface area (Å²) in [5.41, 5.74) is 0.956. The zero-order valence-electron chi connectivity index (χ0n) is 15.1. The van der Waals surface area contributed by atoms with Crippen LogP contribution in [0.25, 0.3) is 0 Å². The zero-order chi connectivity index (χ0) is 19.1. The number of benzene rings is 2. The Labute approximate surface area is 157 Å². The number of rotatable bonds is 5. The van der Waals surface area contributed by atoms with Gasteiger partial charge in [-0.05, 0) is 55.3 Å². The van der Waals surface area contributed by atoms with E-state index in [0.717, 1.165) is 30.9 Å². The fourth-order valence-electron chi connectivity index (χ4n) is 2.71. The van der Waals surface area contributed by atoms with Gasteiger partial charge < -0.3 is 14.8 Å². The lowest BCUT2D eigenvalue weighted by Gasteiger charge is -2.14. The standard InChI is InChI=1S/C20H22FN3O3/c1-26-17-9-7-16(8-10-17)23-20(22-13-18-6-3-11-27-18)24-19(25)14-4-2-5-15(21)12-14/h2,4-5,7-10,12,18H,3,6,11,13H2,1H3,(H2,22,23,24,25)/t18-/m0/s1. The normalized spacial score (nSPS) is 16.8. The van der Waals surface area contributed by atoms with Crippen LogP contribution in [-0.4, -0.2) is 38.2 Å². The highest BCUT2D eigenvalue weighted by molar-refractivity contribution is 6.09. The molecule has 0 aliphatic carbocycles. The molecule has 0 unspecified atom stereocenters. The van der Waals surface area contributed by atoms with Crippen LogP contribution in [0.5, 0.6) is 5.75 Å². The molecule has 27 heavy (non-hydrogen) atoms. The Morgan fingerprint density at radius 1 is 1.30 bits per heavy atom. The lowest BCUT2D eigenvalue weighted by atomic mass is 10.2. The molecule has 7 heteroatoms. The predicted molar refractivity (Wildman–Crippen MR) is 102 cm³/mol. The van der Waals surface area contributed by atoms with Crippen molar-refractivity contribution in [1.29, 1.82) is 0 Å². The summed E-state index contributed by atoms with van der Waals surface area (Å²) in [5.74, 6) is 0.0947. The highest BCUT2D eigenvalue weighted by Gasteiger charge is 2.16. The molecule has 2 aromatic carbocycles. The predicted octanol–water partition coefficient (Wildman–Crippen LogP) is 3.21. The third-order valence-corrected chi connectivity index (χ3v) is 4.15. The van der Waals surface area contributed by atoms with Crippen LogP contribution in [-0.2, 0) is 4.74 Å². The van der Waals surface area contributed by atoms with Crippen LogP contribution in [0.15, 0.2) is 53.5 Å². The van der Waals surface area contributed by atoms with E-state index in [9.17, 15) is 9.18 Å². The number of guanidine groups is 1. The summed E-state index contributed by atoms with van der Waals surface area (Å²) in [6.45, 7) is 1.17. The van der Waals surface area contributed by atoms with Gasteiger partial charge in [0, 0.05) is 17.9 Å². The van der Waals surface area contributed by atoms with Crippen molar-refractivity contribution in [3.63, 3.8) is 0 Å². The van der Waals surface area contributed by atoms with E-state index < -0.39 is 11.7 Å². The van der Waals surface area contributed by atoms with E-state index in [1.54, 1.807) is 25.3 Å². The second-order valence-electron chi connectivity index (χ2n) is 6.14. The van der Waals surface area contributed by atoms with Gasteiger partial charge >= 0.3 is 0 Å². The van der Waals surface area contributed by atoms with Crippen LogP contribution < -0.4 is 15.4 Å². The van der Waals surface area contributed by atoms with Gasteiger partial charge in [-0.3, -0.25) is 10.1 Å². The van der Waals surface area contributed by atoms with E-state index in [0.29, 0.717) is 6.54 Å². The molecule has 0 bridgehead atoms. The van der Waals surface area contributed by atoms with Gasteiger partial charge in [-0.25, -0.2) is 9.38 Å². The van der Waals surface area contributed by atoms with Crippen LogP contribution >= 0.6 is 0 Å². The van der Waals surface area contributed by atoms with Gasteiger partial charge in [-0.2, -0.15) is 0 Å². The highest BCUT2D eigenvalue weighted by atomic mass is 19.1. The number of carbonyl (C=O) groups excluding carboxylic acids is 1. The number of nitrogens with one attached hydrogen (secondary N) is 2. The maximum absolute atomic E-state index is 13.4. The van der Waals surface area contributed by atoms with Gasteiger partial charge in [0.1, 0.15) is 11.6 Å². The van der Waals surface area contributed by atoms with Crippen molar-refractivity contribution in [2.75, 3.05) is 25.6 Å². The first kappa shape index (κ1) is 18.8. The fraction of sp³-hybridized carbons (Fsp3) is 0.300. The first-order chi connectivity index (χ1) is 13.1. The first-order valence-corrected chi connectivity index (χ1v) is 8.78. The molecule has 1 fully saturated rings. The van der Waals surface area contributed by atoms with E-state index in [2.05, 4.69) is 15.6 Å². The Balaban J connectivity index is 1.73. The summed E-state index contributed by atoms with van der Waals surface area (Å²) >= 11 is 0. The molecule has 1 amide bonds. The molecule has 1 heterocycles. The average molecular weight is 371 g/mol. The minimum atomic E-state index is -0.469. The van der Waals surface area contributed by atoms with Gasteiger partial charge in [0.25, 0.3) is 5.91 Å². The van der Waals surface area contributed by atoms with E-state index in [1.165, 1.54) is 18.2 Å². The van der Waals surface area contributed by atoms with E-state index in [4.69, 9.17) is 9.47 Å². The monoisotopic (exact) mass is 371 g/mol. The second-order valence-corrected chi connectivity index (χ2v) is 6.14. The van der Waals surface area contributed by atoms with Crippen molar-refractivity contribution >= 4 is 17.6 Å². The fourth-order valence-corrected chi connectivity index (χ4v) is 2.71. The van der Waals surface area contributed by atoms with Gasteiger partial charge in [0.15, 0.2) is 0 Å². The Kier molecular flexibility index (Phi) is 6.38. The molecule has 142 valence electrons. The number of carbonyl (C=O) groups is 1. The van der Waals surface area contributed by atoms with Crippen molar-refractivity contribution in [3.8, 4) is 5.75 Å². The zero-order valence-corrected chi connectivity index (χ0v) is 15.1. The number of ether oxygens (including phenoxy) is 2. The number of hydrogen-bond acceptors (Lipinski definition) is 4. The SMILES string of the molecule is COc1ccc(NC(=NC[C@@H]2CCCO2)NC(=O)c2cccc(F)c2)cc1. The maximum Gasteiger partial charge on any atom is 0.258 e. The highest BCUT2D eigenvalue weighted by Crippen LogP contribution is 2.16. The quantitative estimate of drug-likeness (QED) is 0.625. The minimum Gasteiger partial charge on any atom is -0.497 e. The number of methoxy groups -OCH3 is 1. The Morgan fingerprint density at radius 2 is 2.11 bits per heavy atom. The second kappa shape index (κ2) is 9.14. The Bertz CT molecular complexity index is 802. The summed E-state index contributed by atoms with van der Waals surface area (Å²) in [6, 6.07) is 12.7. The van der Waals surface area contributed by atoms with Gasteiger partial charge in [-0.15, -0.1) is 0 Å². The van der Waals surface area contributed by atoms with Crippen LogP contribution in [0.3, 0.4) is 0 Å². The molecule has 0 aromatic heterocycles. The molecule has 0 spiro atoms. The number of anilines is 1. The lowest BCUT2D eigenvalue weighted by Crippen LogP contribution is -2.36. The molecular formula is C20H22FN3O3. The molecule has 1 aliphatic heterocycles. The molecule has 2 aromatic rings. The molecular weight excluding hydrogens is 349 g/mol. The third-order valence-electron chi connectivity index (χ3n) is 4.15. The molecule has 1 saturated heterocycles. The van der Waals surface area contributed by atoms with Crippen LogP contribution in [0.1, 0.15) is 23.2 Å². The van der Waals surface area contributed by atoms with Crippen molar-refractivity contribution in [2.45, 2.75) is 18.9 Å². The topological polar surface area (TPSA) is 71.9 Å². The Morgan fingerprint density at radius 3 is 2.78 bits per heavy atom. The summed E-state index contributed by atoms with van der Waals surface area (Å²) in [4.78, 5) is 16.9. The number of amides is 1. The van der Waals surface area contributed by atoms with Crippen LogP contribution in [0, 0.1) is 5.82 Å². The molecule has 1 atom stereocenters. The van der Waals surface area contributed by atoms with Gasteiger partial charge in [0.2, 0.25) is 5.96 Å². The largest absolute Gasteiger partial charge is 0.497 e. The van der Waals surface area contributed by atoms with Crippen LogP contribution in [0.4, 0.5) is 10.1 Å². The van der Waals surface area contributed by atoms with Gasteiger partial charge in [0.05, 0.1) is 19.8 Å². The molecule has 0 saturated carbocycles. The number of hydrogen-bond donors (Lipinski definition) is 2. The molecule has 0 radical (unpaired) electrons. The third kappa shape index (κ3) is 5.52. The summed E-state index contributed by atoms with van der Waals surface area (Å²) in [5, 5.41) is 5.79. The van der Waals surface area contributed by atoms with Crippen molar-refractivity contribution in [1.82, 2.24) is 5.32 Å². The summed E-state index contributed by atoms with van der Waals surface area (Å²) in [7, 11) is 1.59. The number of nitrogens with zero attached hydrogens (tertiary/aromatic N) is 1. The smallest absolute Gasteiger partial charge is 0.258 e. The van der Waals surface area contributed by atoms with Crippen LogP contribution in [0.2, 0.25) is 0 Å². The van der Waals surface area contributed by atoms with Crippen molar-refractivity contribution in [2.24, 2.45) is 4.99 Å². The van der Waals surface area contributed by atoms with E-state index in [1.807, 2.05) is 12.1 Å². The maximum atomic E-state index is 13.4. The van der Waals surface area contributed by atoms with Crippen molar-refractivity contribution in [3.05, 3.63) is 59.9 Å². The van der Waals surface area contributed by atoms with Crippen molar-refractivity contribution < 1.29 is 18.7 Å². The summed E-state index contributed by atoms with van der Waals surface area (Å²) in [6.07, 6.45) is 2.00. The lowest BCUT2D eigenvalue weighted by molar-refractivity contribution is 0.0975.